The van der Waals surface area contributed by atoms with Gasteiger partial charge in [0.1, 0.15) is 4.58 Å². The van der Waals surface area contributed by atoms with Crippen LogP contribution in [0.3, 0.4) is 0 Å². The molecule has 0 aromatic heterocycles. The largest absolute Gasteiger partial charge is 0.223 e. The highest BCUT2D eigenvalue weighted by atomic mass is 32.3. The van der Waals surface area contributed by atoms with Gasteiger partial charge in [-0.3, -0.25) is 0 Å². The van der Waals surface area contributed by atoms with Crippen LogP contribution in [0.15, 0.2) is 0 Å². The molecule has 0 amide bonds. The van der Waals surface area contributed by atoms with E-state index in [2.05, 4.69) is 17.4 Å². The van der Waals surface area contributed by atoms with Crippen LogP contribution in [-0.2, 0) is 10.0 Å². The molecule has 1 aliphatic carbocycles. The zero-order chi connectivity index (χ0) is 9.19. The van der Waals surface area contributed by atoms with Crippen LogP contribution in [0.1, 0.15) is 32.6 Å². The van der Waals surface area contributed by atoms with Crippen LogP contribution >= 0.6 is 12.6 Å². The fourth-order valence-corrected chi connectivity index (χ4v) is 2.45. The Labute approximate surface area is 79.4 Å². The minimum atomic E-state index is -3.17. The number of hydrogen-bond donors (Lipinski definition) is 2. The first-order valence-electron chi connectivity index (χ1n) is 4.21. The predicted octanol–water partition coefficient (Wildman–Crippen LogP) is 1.12. The van der Waals surface area contributed by atoms with Gasteiger partial charge in [-0.25, -0.2) is 13.1 Å². The van der Waals surface area contributed by atoms with Crippen molar-refractivity contribution in [3.63, 3.8) is 0 Å². The molecule has 0 heterocycles. The molecule has 5 heteroatoms. The molecule has 0 aromatic rings. The first-order chi connectivity index (χ1) is 5.52. The monoisotopic (exact) mass is 209 g/mol. The fourth-order valence-electron chi connectivity index (χ4n) is 1.37. The fraction of sp³-hybridized carbons (Fsp3) is 1.00. The lowest BCUT2D eigenvalue weighted by atomic mass is 10.3. The minimum absolute atomic E-state index is 0.157. The smallest absolute Gasteiger partial charge is 0.211 e. The summed E-state index contributed by atoms with van der Waals surface area (Å²) in [5, 5.41) is 0. The van der Waals surface area contributed by atoms with E-state index in [9.17, 15) is 8.42 Å². The maximum atomic E-state index is 11.3. The van der Waals surface area contributed by atoms with Crippen molar-refractivity contribution in [1.29, 1.82) is 0 Å². The third-order valence-electron chi connectivity index (χ3n) is 2.14. The van der Waals surface area contributed by atoms with E-state index in [0.29, 0.717) is 0 Å². The van der Waals surface area contributed by atoms with Gasteiger partial charge in [0.25, 0.3) is 0 Å². The molecule has 12 heavy (non-hydrogen) atoms. The number of rotatable bonds is 3. The second kappa shape index (κ2) is 3.98. The van der Waals surface area contributed by atoms with Gasteiger partial charge >= 0.3 is 0 Å². The van der Waals surface area contributed by atoms with Crippen LogP contribution in [0.4, 0.5) is 0 Å². The van der Waals surface area contributed by atoms with E-state index in [0.717, 1.165) is 25.7 Å². The Morgan fingerprint density at radius 1 is 1.42 bits per heavy atom. The molecule has 1 aliphatic rings. The molecule has 1 N–H and O–H groups in total. The molecule has 0 saturated heterocycles. The zero-order valence-electron chi connectivity index (χ0n) is 7.16. The Morgan fingerprint density at radius 3 is 2.33 bits per heavy atom. The van der Waals surface area contributed by atoms with E-state index in [1.165, 1.54) is 0 Å². The molecule has 0 bridgehead atoms. The Morgan fingerprint density at radius 2 is 1.92 bits per heavy atom. The Kier molecular flexibility index (Phi) is 3.43. The second-order valence-corrected chi connectivity index (χ2v) is 6.40. The van der Waals surface area contributed by atoms with Gasteiger partial charge in [-0.1, -0.05) is 12.8 Å². The third kappa shape index (κ3) is 2.64. The van der Waals surface area contributed by atoms with Gasteiger partial charge in [0.15, 0.2) is 0 Å². The van der Waals surface area contributed by atoms with Gasteiger partial charge in [0.2, 0.25) is 10.0 Å². The van der Waals surface area contributed by atoms with E-state index >= 15 is 0 Å². The topological polar surface area (TPSA) is 46.2 Å². The Bertz CT molecular complexity index is 230. The summed E-state index contributed by atoms with van der Waals surface area (Å²) in [5.74, 6) is 0. The number of nitrogens with one attached hydrogen (secondary N) is 1. The molecular weight excluding hydrogens is 194 g/mol. The van der Waals surface area contributed by atoms with E-state index in [-0.39, 0.29) is 6.04 Å². The number of thiol groups is 1. The molecular formula is C7H15NO2S2. The van der Waals surface area contributed by atoms with E-state index < -0.39 is 14.6 Å². The lowest BCUT2D eigenvalue weighted by Gasteiger charge is -2.13. The average molecular weight is 209 g/mol. The van der Waals surface area contributed by atoms with E-state index in [1.807, 2.05) is 0 Å². The van der Waals surface area contributed by atoms with Crippen molar-refractivity contribution in [3.8, 4) is 0 Å². The van der Waals surface area contributed by atoms with Crippen molar-refractivity contribution >= 4 is 22.7 Å². The molecule has 0 spiro atoms. The summed E-state index contributed by atoms with van der Waals surface area (Å²) in [5.41, 5.74) is 0. The Hall–Kier alpha value is 0.260. The maximum absolute atomic E-state index is 11.3. The molecule has 1 atom stereocenters. The molecule has 72 valence electrons. The summed E-state index contributed by atoms with van der Waals surface area (Å²) in [7, 11) is -3.17. The van der Waals surface area contributed by atoms with Crippen molar-refractivity contribution in [2.75, 3.05) is 0 Å². The molecule has 0 aromatic carbocycles. The molecule has 0 radical (unpaired) electrons. The first kappa shape index (κ1) is 10.3. The van der Waals surface area contributed by atoms with Gasteiger partial charge in [-0.15, -0.1) is 0 Å². The predicted molar refractivity (Wildman–Crippen MR) is 52.8 cm³/mol. The molecule has 3 nitrogen and oxygen atoms in total. The maximum Gasteiger partial charge on any atom is 0.223 e. The summed E-state index contributed by atoms with van der Waals surface area (Å²) in [6, 6.07) is 0.157. The highest BCUT2D eigenvalue weighted by molar-refractivity contribution is 8.03. The lowest BCUT2D eigenvalue weighted by molar-refractivity contribution is 0.551. The van der Waals surface area contributed by atoms with Crippen LogP contribution < -0.4 is 4.72 Å². The summed E-state index contributed by atoms with van der Waals surface area (Å²) >= 11 is 3.90. The van der Waals surface area contributed by atoms with Crippen molar-refractivity contribution < 1.29 is 8.42 Å². The van der Waals surface area contributed by atoms with Gasteiger partial charge in [-0.05, 0) is 19.8 Å². The quantitative estimate of drug-likeness (QED) is 0.684. The van der Waals surface area contributed by atoms with Crippen molar-refractivity contribution in [2.24, 2.45) is 0 Å². The van der Waals surface area contributed by atoms with Crippen LogP contribution in [-0.4, -0.2) is 19.0 Å². The highest BCUT2D eigenvalue weighted by Crippen LogP contribution is 2.19. The SMILES string of the molecule is CC(S)S(=O)(=O)NC1CCCC1. The third-order valence-corrected chi connectivity index (χ3v) is 4.53. The normalized spacial score (nSPS) is 22.8. The summed E-state index contributed by atoms with van der Waals surface area (Å²) < 4.78 is 24.6. The van der Waals surface area contributed by atoms with E-state index in [1.54, 1.807) is 6.92 Å². The molecule has 1 unspecified atom stereocenters. The Balaban J connectivity index is 2.49. The van der Waals surface area contributed by atoms with Crippen LogP contribution in [0.5, 0.6) is 0 Å². The van der Waals surface area contributed by atoms with Gasteiger partial charge in [0, 0.05) is 6.04 Å². The standard InChI is InChI=1S/C7H15NO2S2/c1-6(11)12(9,10)8-7-4-2-3-5-7/h6-8,11H,2-5H2,1H3. The summed E-state index contributed by atoms with van der Waals surface area (Å²) in [6.45, 7) is 1.57. The molecule has 0 aliphatic heterocycles. The lowest BCUT2D eigenvalue weighted by Crippen LogP contribution is -2.36. The number of hydrogen-bond acceptors (Lipinski definition) is 3. The van der Waals surface area contributed by atoms with Crippen molar-refractivity contribution in [1.82, 2.24) is 4.72 Å². The van der Waals surface area contributed by atoms with Crippen molar-refractivity contribution in [3.05, 3.63) is 0 Å². The average Bonchev–Trinajstić information content (AvgIpc) is 2.38. The van der Waals surface area contributed by atoms with Crippen LogP contribution in [0.2, 0.25) is 0 Å². The molecule has 1 fully saturated rings. The van der Waals surface area contributed by atoms with E-state index in [4.69, 9.17) is 0 Å². The second-order valence-electron chi connectivity index (χ2n) is 3.24. The minimum Gasteiger partial charge on any atom is -0.211 e. The van der Waals surface area contributed by atoms with Gasteiger partial charge < -0.3 is 0 Å². The van der Waals surface area contributed by atoms with Gasteiger partial charge in [-0.2, -0.15) is 12.6 Å². The summed E-state index contributed by atoms with van der Waals surface area (Å²) in [6.07, 6.45) is 4.21. The highest BCUT2D eigenvalue weighted by Gasteiger charge is 2.23. The molecule has 1 rings (SSSR count). The zero-order valence-corrected chi connectivity index (χ0v) is 8.87. The van der Waals surface area contributed by atoms with Crippen molar-refractivity contribution in [2.45, 2.75) is 43.2 Å². The molecule has 1 saturated carbocycles. The van der Waals surface area contributed by atoms with Gasteiger partial charge in [0.05, 0.1) is 0 Å². The number of sulfonamides is 1. The van der Waals surface area contributed by atoms with Crippen LogP contribution in [0.25, 0.3) is 0 Å². The van der Waals surface area contributed by atoms with Crippen LogP contribution in [0, 0.1) is 0 Å². The summed E-state index contributed by atoms with van der Waals surface area (Å²) in [4.78, 5) is 0. The first-order valence-corrected chi connectivity index (χ1v) is 6.28.